The zero-order chi connectivity index (χ0) is 7.40. The molecule has 4 heteroatoms. The van der Waals surface area contributed by atoms with Crippen LogP contribution in [0.1, 0.15) is 5.56 Å². The monoisotopic (exact) mass is 155 g/mol. The fraction of sp³-hybridized carbons (Fsp3) is 0. The van der Waals surface area contributed by atoms with E-state index >= 15 is 0 Å². The number of phenolic OH excluding ortho intramolecular Hbond substituents is 1. The summed E-state index contributed by atoms with van der Waals surface area (Å²) in [6.07, 6.45) is 1.29. The third-order valence-corrected chi connectivity index (χ3v) is 1.10. The summed E-state index contributed by atoms with van der Waals surface area (Å²) in [7, 11) is 0. The summed E-state index contributed by atoms with van der Waals surface area (Å²) in [5.74, 6) is 0.204. The molecule has 1 aromatic carbocycles. The third-order valence-electron chi connectivity index (χ3n) is 1.10. The second kappa shape index (κ2) is 4.29. The Morgan fingerprint density at radius 1 is 1.18 bits per heavy atom. The number of oxime groups is 1. The van der Waals surface area contributed by atoms with E-state index in [-0.39, 0.29) is 11.2 Å². The molecule has 0 saturated carbocycles. The van der Waals surface area contributed by atoms with Crippen LogP contribution in [0.2, 0.25) is 0 Å². The van der Waals surface area contributed by atoms with Gasteiger partial charge in [0.05, 0.1) is 6.21 Å². The molecule has 11 heavy (non-hydrogen) atoms. The maximum atomic E-state index is 8.82. The fourth-order valence-electron chi connectivity index (χ4n) is 0.627. The SMILES string of the molecule is O.ON=Cc1ccc(O)cc1. The zero-order valence-electron chi connectivity index (χ0n) is 5.73. The number of rotatable bonds is 1. The summed E-state index contributed by atoms with van der Waals surface area (Å²) in [5.41, 5.74) is 0.750. The predicted octanol–water partition coefficient (Wildman–Crippen LogP) is 0.376. The molecule has 0 atom stereocenters. The van der Waals surface area contributed by atoms with Crippen molar-refractivity contribution in [3.8, 4) is 5.75 Å². The van der Waals surface area contributed by atoms with Crippen molar-refractivity contribution < 1.29 is 15.8 Å². The molecule has 4 N–H and O–H groups in total. The molecule has 0 bridgehead atoms. The molecule has 0 aliphatic rings. The Bertz CT molecular complexity index is 230. The van der Waals surface area contributed by atoms with Crippen molar-refractivity contribution >= 4 is 6.21 Å². The van der Waals surface area contributed by atoms with Crippen molar-refractivity contribution in [2.75, 3.05) is 0 Å². The van der Waals surface area contributed by atoms with Crippen molar-refractivity contribution in [3.63, 3.8) is 0 Å². The molecule has 0 aliphatic carbocycles. The first kappa shape index (κ1) is 9.45. The first-order valence-electron chi connectivity index (χ1n) is 2.79. The van der Waals surface area contributed by atoms with Gasteiger partial charge in [-0.2, -0.15) is 0 Å². The van der Waals surface area contributed by atoms with E-state index < -0.39 is 0 Å². The van der Waals surface area contributed by atoms with Crippen molar-refractivity contribution in [1.82, 2.24) is 0 Å². The molecule has 1 rings (SSSR count). The lowest BCUT2D eigenvalue weighted by atomic mass is 10.2. The molecule has 0 heterocycles. The topological polar surface area (TPSA) is 84.3 Å². The van der Waals surface area contributed by atoms with Gasteiger partial charge in [0.15, 0.2) is 0 Å². The van der Waals surface area contributed by atoms with Crippen LogP contribution in [0.3, 0.4) is 0 Å². The van der Waals surface area contributed by atoms with Crippen LogP contribution in [0, 0.1) is 0 Å². The van der Waals surface area contributed by atoms with Gasteiger partial charge in [0, 0.05) is 0 Å². The molecule has 0 unspecified atom stereocenters. The molecule has 0 radical (unpaired) electrons. The van der Waals surface area contributed by atoms with Crippen LogP contribution in [0.25, 0.3) is 0 Å². The van der Waals surface area contributed by atoms with E-state index in [1.54, 1.807) is 12.1 Å². The van der Waals surface area contributed by atoms with Gasteiger partial charge in [-0.05, 0) is 29.8 Å². The molecule has 0 spiro atoms. The molecule has 4 nitrogen and oxygen atoms in total. The smallest absolute Gasteiger partial charge is 0.115 e. The number of hydrogen-bond acceptors (Lipinski definition) is 3. The molecule has 0 amide bonds. The molecule has 1 aromatic rings. The molecule has 0 fully saturated rings. The minimum absolute atomic E-state index is 0. The van der Waals surface area contributed by atoms with Gasteiger partial charge >= 0.3 is 0 Å². The van der Waals surface area contributed by atoms with Gasteiger partial charge in [-0.1, -0.05) is 5.16 Å². The Labute approximate surface area is 63.7 Å². The number of benzene rings is 1. The highest BCUT2D eigenvalue weighted by Crippen LogP contribution is 2.07. The second-order valence-electron chi connectivity index (χ2n) is 1.84. The predicted molar refractivity (Wildman–Crippen MR) is 41.1 cm³/mol. The summed E-state index contributed by atoms with van der Waals surface area (Å²) in [5, 5.41) is 19.7. The Kier molecular flexibility index (Phi) is 3.69. The lowest BCUT2D eigenvalue weighted by Gasteiger charge is -1.90. The van der Waals surface area contributed by atoms with Gasteiger partial charge in [0.25, 0.3) is 0 Å². The maximum absolute atomic E-state index is 8.82. The number of aromatic hydroxyl groups is 1. The van der Waals surface area contributed by atoms with E-state index in [0.29, 0.717) is 0 Å². The Balaban J connectivity index is 0.000001000. The van der Waals surface area contributed by atoms with Gasteiger partial charge in [-0.25, -0.2) is 0 Å². The van der Waals surface area contributed by atoms with Crippen LogP contribution in [-0.4, -0.2) is 22.0 Å². The number of hydrogen-bond donors (Lipinski definition) is 2. The first-order valence-corrected chi connectivity index (χ1v) is 2.79. The van der Waals surface area contributed by atoms with E-state index in [9.17, 15) is 0 Å². The van der Waals surface area contributed by atoms with Crippen LogP contribution in [-0.2, 0) is 0 Å². The molecule has 0 saturated heterocycles. The Hall–Kier alpha value is -1.55. The molecular formula is C7H9NO3. The lowest BCUT2D eigenvalue weighted by molar-refractivity contribution is 0.322. The van der Waals surface area contributed by atoms with Crippen molar-refractivity contribution in [2.45, 2.75) is 0 Å². The van der Waals surface area contributed by atoms with Crippen LogP contribution in [0.5, 0.6) is 5.75 Å². The van der Waals surface area contributed by atoms with E-state index in [0.717, 1.165) is 5.56 Å². The van der Waals surface area contributed by atoms with E-state index in [1.807, 2.05) is 0 Å². The second-order valence-corrected chi connectivity index (χ2v) is 1.84. The van der Waals surface area contributed by atoms with Crippen LogP contribution < -0.4 is 0 Å². The summed E-state index contributed by atoms with van der Waals surface area (Å²) in [6, 6.07) is 6.35. The normalized spacial score (nSPS) is 9.45. The molecular weight excluding hydrogens is 146 g/mol. The van der Waals surface area contributed by atoms with E-state index in [1.165, 1.54) is 18.3 Å². The third kappa shape index (κ3) is 2.68. The summed E-state index contributed by atoms with van der Waals surface area (Å²) < 4.78 is 0. The van der Waals surface area contributed by atoms with Crippen LogP contribution >= 0.6 is 0 Å². The van der Waals surface area contributed by atoms with Crippen molar-refractivity contribution in [1.29, 1.82) is 0 Å². The average Bonchev–Trinajstić information content (AvgIpc) is 1.95. The van der Waals surface area contributed by atoms with Gasteiger partial charge in [0.2, 0.25) is 0 Å². The summed E-state index contributed by atoms with van der Waals surface area (Å²) in [6.45, 7) is 0. The Morgan fingerprint density at radius 3 is 2.18 bits per heavy atom. The Morgan fingerprint density at radius 2 is 1.73 bits per heavy atom. The summed E-state index contributed by atoms with van der Waals surface area (Å²) in [4.78, 5) is 0. The van der Waals surface area contributed by atoms with Gasteiger partial charge in [0.1, 0.15) is 5.75 Å². The number of phenols is 1. The van der Waals surface area contributed by atoms with Gasteiger partial charge < -0.3 is 15.8 Å². The highest BCUT2D eigenvalue weighted by atomic mass is 16.4. The quantitative estimate of drug-likeness (QED) is 0.349. The standard InChI is InChI=1S/C7H7NO2.H2O/c9-7-3-1-6(2-4-7)5-8-10;/h1-5,9-10H;1H2. The van der Waals surface area contributed by atoms with Crippen molar-refractivity contribution in [2.24, 2.45) is 5.16 Å². The minimum Gasteiger partial charge on any atom is -0.508 e. The first-order chi connectivity index (χ1) is 4.83. The lowest BCUT2D eigenvalue weighted by Crippen LogP contribution is -1.77. The largest absolute Gasteiger partial charge is 0.508 e. The highest BCUT2D eigenvalue weighted by Gasteiger charge is 1.86. The van der Waals surface area contributed by atoms with Gasteiger partial charge in [-0.3, -0.25) is 0 Å². The fourth-order valence-corrected chi connectivity index (χ4v) is 0.627. The molecule has 0 aromatic heterocycles. The van der Waals surface area contributed by atoms with E-state index in [4.69, 9.17) is 10.3 Å². The van der Waals surface area contributed by atoms with Crippen LogP contribution in [0.4, 0.5) is 0 Å². The minimum atomic E-state index is 0. The summed E-state index contributed by atoms with van der Waals surface area (Å²) >= 11 is 0. The average molecular weight is 155 g/mol. The molecule has 0 aliphatic heterocycles. The van der Waals surface area contributed by atoms with Crippen molar-refractivity contribution in [3.05, 3.63) is 29.8 Å². The maximum Gasteiger partial charge on any atom is 0.115 e. The highest BCUT2D eigenvalue weighted by molar-refractivity contribution is 5.79. The zero-order valence-corrected chi connectivity index (χ0v) is 5.73. The number of nitrogens with zero attached hydrogens (tertiary/aromatic N) is 1. The van der Waals surface area contributed by atoms with Crippen LogP contribution in [0.15, 0.2) is 29.4 Å². The van der Waals surface area contributed by atoms with E-state index in [2.05, 4.69) is 5.16 Å². The van der Waals surface area contributed by atoms with Gasteiger partial charge in [-0.15, -0.1) is 0 Å². The molecule has 60 valence electrons.